The number of aromatic nitrogens is 4. The highest BCUT2D eigenvalue weighted by Crippen LogP contribution is 2.41. The van der Waals surface area contributed by atoms with Gasteiger partial charge in [0.1, 0.15) is 36.2 Å². The molecular formula is C36H35F3N7O5S+. The second-order valence-electron chi connectivity index (χ2n) is 11.9. The van der Waals surface area contributed by atoms with Crippen molar-refractivity contribution in [3.63, 3.8) is 0 Å². The number of benzene rings is 3. The van der Waals surface area contributed by atoms with Gasteiger partial charge in [-0.25, -0.2) is 22.9 Å². The van der Waals surface area contributed by atoms with Crippen molar-refractivity contribution in [1.82, 2.24) is 20.1 Å². The number of nitriles is 1. The molecule has 0 aliphatic rings. The molecule has 0 aliphatic carbocycles. The van der Waals surface area contributed by atoms with Crippen LogP contribution in [0.3, 0.4) is 0 Å². The van der Waals surface area contributed by atoms with Gasteiger partial charge in [0.25, 0.3) is 6.33 Å². The van der Waals surface area contributed by atoms with E-state index in [9.17, 15) is 23.5 Å². The number of amides is 1. The molecule has 0 aliphatic heterocycles. The van der Waals surface area contributed by atoms with Gasteiger partial charge in [-0.2, -0.15) is 9.83 Å². The molecule has 3 unspecified atom stereocenters. The number of likely N-dealkylation sites (N-methyl/N-ethyl adjacent to an activating group) is 1. The van der Waals surface area contributed by atoms with Gasteiger partial charge in [-0.1, -0.05) is 25.1 Å². The summed E-state index contributed by atoms with van der Waals surface area (Å²) in [4.78, 5) is 30.8. The number of anilines is 1. The first-order valence-electron chi connectivity index (χ1n) is 15.9. The molecule has 3 aromatic carbocycles. The number of rotatable bonds is 13. The Kier molecular flexibility index (Phi) is 11.7. The zero-order valence-electron chi connectivity index (χ0n) is 28.6. The maximum Gasteiger partial charge on any atom is 0.416 e. The number of nitrogens with zero attached hydrogens (tertiary/aromatic N) is 6. The lowest BCUT2D eigenvalue weighted by molar-refractivity contribution is -0.753. The largest absolute Gasteiger partial charge is 0.460 e. The minimum Gasteiger partial charge on any atom is -0.460 e. The molecule has 270 valence electrons. The standard InChI is InChI=1S/C36H35F3N7O5S/c1-22(34-43-31(18-52-34)25-7-5-24(15-40)6-8-25)36(49,29-13-27(37)11-12-30(29)39)19-46-21-45(20-42-46)23(2)51-35(48)44(4)32-14-28(38)10-9-26(32)17-50-33(47)16-41-3/h5-14,18,20-23,41,49H,16-17,19H2,1-4H3/q+1. The van der Waals surface area contributed by atoms with E-state index in [2.05, 4.69) is 21.5 Å². The van der Waals surface area contributed by atoms with Crippen molar-refractivity contribution in [3.05, 3.63) is 118 Å². The molecule has 5 aromatic rings. The van der Waals surface area contributed by atoms with E-state index in [0.717, 1.165) is 34.7 Å². The SMILES string of the molecule is CNCC(=O)OCc1ccc(F)cc1N(C)C(=O)OC(C)[n+]1cnn(CC(O)(c2cc(F)ccc2F)C(C)c2nc(-c3ccc(C#N)cc3)cs2)c1. The summed E-state index contributed by atoms with van der Waals surface area (Å²) in [6.45, 7) is 2.59. The van der Waals surface area contributed by atoms with Crippen LogP contribution in [0, 0.1) is 28.8 Å². The molecule has 16 heteroatoms. The van der Waals surface area contributed by atoms with E-state index >= 15 is 4.39 Å². The molecule has 0 bridgehead atoms. The fourth-order valence-electron chi connectivity index (χ4n) is 5.39. The monoisotopic (exact) mass is 734 g/mol. The van der Waals surface area contributed by atoms with Crippen molar-refractivity contribution in [3.8, 4) is 17.3 Å². The molecule has 2 aromatic heterocycles. The minimum absolute atomic E-state index is 0.0317. The van der Waals surface area contributed by atoms with Crippen LogP contribution >= 0.6 is 11.3 Å². The molecule has 1 amide bonds. The van der Waals surface area contributed by atoms with Crippen LogP contribution in [0.2, 0.25) is 0 Å². The number of halogens is 3. The molecule has 0 spiro atoms. The number of carbonyl (C=O) groups excluding carboxylic acids is 2. The molecular weight excluding hydrogens is 700 g/mol. The smallest absolute Gasteiger partial charge is 0.416 e. The highest BCUT2D eigenvalue weighted by atomic mass is 32.1. The second kappa shape index (κ2) is 16.1. The third-order valence-corrected chi connectivity index (χ3v) is 9.43. The first-order valence-corrected chi connectivity index (χ1v) is 16.8. The predicted octanol–water partition coefficient (Wildman–Crippen LogP) is 5.33. The van der Waals surface area contributed by atoms with Crippen molar-refractivity contribution < 1.29 is 41.9 Å². The maximum absolute atomic E-state index is 15.3. The van der Waals surface area contributed by atoms with Crippen LogP contribution < -0.4 is 14.8 Å². The van der Waals surface area contributed by atoms with E-state index in [0.29, 0.717) is 21.8 Å². The maximum atomic E-state index is 15.3. The Balaban J connectivity index is 1.36. The van der Waals surface area contributed by atoms with Gasteiger partial charge in [0.2, 0.25) is 12.6 Å². The Bertz CT molecular complexity index is 2100. The number of ether oxygens (including phenoxy) is 2. The molecule has 3 atom stereocenters. The fourth-order valence-corrected chi connectivity index (χ4v) is 6.36. The van der Waals surface area contributed by atoms with E-state index in [1.54, 1.807) is 50.5 Å². The molecule has 0 saturated carbocycles. The Morgan fingerprint density at radius 3 is 2.54 bits per heavy atom. The number of hydrogen-bond donors (Lipinski definition) is 2. The van der Waals surface area contributed by atoms with Crippen molar-refractivity contribution >= 4 is 29.1 Å². The zero-order chi connectivity index (χ0) is 37.6. The first kappa shape index (κ1) is 37.6. The van der Waals surface area contributed by atoms with E-state index in [1.165, 1.54) is 52.4 Å². The number of nitrogens with one attached hydrogen (secondary N) is 1. The van der Waals surface area contributed by atoms with E-state index in [-0.39, 0.29) is 30.9 Å². The van der Waals surface area contributed by atoms with Gasteiger partial charge < -0.3 is 19.9 Å². The number of thiazole rings is 1. The van der Waals surface area contributed by atoms with Crippen molar-refractivity contribution in [2.75, 3.05) is 25.5 Å². The Labute approximate surface area is 301 Å². The molecule has 2 N–H and O–H groups in total. The average molecular weight is 735 g/mol. The van der Waals surface area contributed by atoms with Gasteiger partial charge in [-0.3, -0.25) is 9.69 Å². The van der Waals surface area contributed by atoms with Gasteiger partial charge in [0.05, 0.1) is 34.6 Å². The quantitative estimate of drug-likeness (QED) is 0.121. The first-order chi connectivity index (χ1) is 24.8. The lowest BCUT2D eigenvalue weighted by Crippen LogP contribution is -2.42. The topological polar surface area (TPSA) is 146 Å². The Morgan fingerprint density at radius 2 is 1.83 bits per heavy atom. The van der Waals surface area contributed by atoms with E-state index < -0.39 is 47.3 Å². The molecule has 0 radical (unpaired) electrons. The normalized spacial score (nSPS) is 13.4. The predicted molar refractivity (Wildman–Crippen MR) is 183 cm³/mol. The second-order valence-corrected chi connectivity index (χ2v) is 12.8. The van der Waals surface area contributed by atoms with Gasteiger partial charge in [0, 0.05) is 47.1 Å². The fraction of sp³-hybridized carbons (Fsp3) is 0.278. The van der Waals surface area contributed by atoms with Gasteiger partial charge in [0.15, 0.2) is 0 Å². The van der Waals surface area contributed by atoms with Crippen LogP contribution in [0.15, 0.2) is 78.7 Å². The highest BCUT2D eigenvalue weighted by molar-refractivity contribution is 7.10. The van der Waals surface area contributed by atoms with E-state index in [1.807, 2.05) is 0 Å². The van der Waals surface area contributed by atoms with Gasteiger partial charge in [-0.15, -0.1) is 16.0 Å². The number of aliphatic hydroxyl groups is 1. The van der Waals surface area contributed by atoms with Crippen molar-refractivity contribution in [2.45, 2.75) is 44.7 Å². The van der Waals surface area contributed by atoms with E-state index in [4.69, 9.17) is 14.7 Å². The van der Waals surface area contributed by atoms with Crippen LogP contribution in [-0.4, -0.2) is 52.6 Å². The summed E-state index contributed by atoms with van der Waals surface area (Å²) in [7, 11) is 2.96. The summed E-state index contributed by atoms with van der Waals surface area (Å²) in [5, 5.41) is 30.5. The Morgan fingerprint density at radius 1 is 1.12 bits per heavy atom. The number of hydrogen-bond acceptors (Lipinski definition) is 10. The van der Waals surface area contributed by atoms with Crippen LogP contribution in [0.4, 0.5) is 23.7 Å². The molecule has 0 fully saturated rings. The lowest BCUT2D eigenvalue weighted by atomic mass is 9.82. The summed E-state index contributed by atoms with van der Waals surface area (Å²) in [6, 6.07) is 15.4. The summed E-state index contributed by atoms with van der Waals surface area (Å²) >= 11 is 1.23. The molecule has 12 nitrogen and oxygen atoms in total. The van der Waals surface area contributed by atoms with Gasteiger partial charge in [-0.05, 0) is 49.5 Å². The van der Waals surface area contributed by atoms with Gasteiger partial charge >= 0.3 is 12.1 Å². The highest BCUT2D eigenvalue weighted by Gasteiger charge is 2.43. The third kappa shape index (κ3) is 8.45. The molecule has 52 heavy (non-hydrogen) atoms. The minimum atomic E-state index is -2.07. The number of carbonyl (C=O) groups is 2. The Hall–Kier alpha value is -5.63. The summed E-state index contributed by atoms with van der Waals surface area (Å²) in [5.74, 6) is -3.62. The number of esters is 1. The van der Waals surface area contributed by atoms with Crippen molar-refractivity contribution in [2.24, 2.45) is 0 Å². The summed E-state index contributed by atoms with van der Waals surface area (Å²) in [5.41, 5.74) is -0.0937. The van der Waals surface area contributed by atoms with Crippen LogP contribution in [0.1, 0.15) is 47.7 Å². The van der Waals surface area contributed by atoms with Crippen LogP contribution in [-0.2, 0) is 33.0 Å². The van der Waals surface area contributed by atoms with Crippen LogP contribution in [0.25, 0.3) is 11.3 Å². The van der Waals surface area contributed by atoms with Crippen molar-refractivity contribution in [1.29, 1.82) is 5.26 Å². The molecule has 0 saturated heterocycles. The van der Waals surface area contributed by atoms with Crippen LogP contribution in [0.5, 0.6) is 0 Å². The third-order valence-electron chi connectivity index (χ3n) is 8.40. The summed E-state index contributed by atoms with van der Waals surface area (Å²) in [6.07, 6.45) is 0.909. The summed E-state index contributed by atoms with van der Waals surface area (Å²) < 4.78 is 57.6. The molecule has 5 rings (SSSR count). The molecule has 2 heterocycles. The lowest BCUT2D eigenvalue weighted by Gasteiger charge is -2.32. The zero-order valence-corrected chi connectivity index (χ0v) is 29.4. The average Bonchev–Trinajstić information content (AvgIpc) is 3.82.